The van der Waals surface area contributed by atoms with Gasteiger partial charge in [-0.15, -0.1) is 0 Å². The molecule has 4 heterocycles. The topological polar surface area (TPSA) is 124 Å². The molecule has 3 fully saturated rings. The molecule has 2 unspecified atom stereocenters. The molecule has 3 N–H and O–H groups in total. The summed E-state index contributed by atoms with van der Waals surface area (Å²) in [6.45, 7) is 1.97. The zero-order chi connectivity index (χ0) is 23.4. The van der Waals surface area contributed by atoms with Crippen LogP contribution in [0.1, 0.15) is 22.8 Å². The first-order chi connectivity index (χ1) is 16.6. The Labute approximate surface area is 195 Å². The molecule has 6 rings (SSSR count). The second kappa shape index (κ2) is 8.10. The number of fused-ring (bicyclic) bond motifs is 2. The second-order valence-corrected chi connectivity index (χ2v) is 9.17. The maximum Gasteiger partial charge on any atom is 0.274 e. The third-order valence-corrected chi connectivity index (χ3v) is 7.12. The van der Waals surface area contributed by atoms with Crippen molar-refractivity contribution in [2.24, 2.45) is 17.8 Å². The number of methoxy groups -OCH3 is 1. The number of hydrogen-bond donors (Lipinski definition) is 3. The summed E-state index contributed by atoms with van der Waals surface area (Å²) in [6, 6.07) is 5.55. The van der Waals surface area contributed by atoms with Crippen LogP contribution in [-0.4, -0.2) is 65.1 Å². The van der Waals surface area contributed by atoms with Crippen LogP contribution < -0.4 is 21.5 Å². The van der Waals surface area contributed by atoms with E-state index in [1.807, 2.05) is 12.3 Å². The first kappa shape index (κ1) is 21.1. The lowest BCUT2D eigenvalue weighted by molar-refractivity contribution is 0.0948. The Hall–Kier alpha value is -3.44. The van der Waals surface area contributed by atoms with Gasteiger partial charge in [-0.1, -0.05) is 0 Å². The van der Waals surface area contributed by atoms with E-state index in [2.05, 4.69) is 26.0 Å². The molecule has 0 radical (unpaired) electrons. The summed E-state index contributed by atoms with van der Waals surface area (Å²) in [4.78, 5) is 30.6. The Morgan fingerprint density at radius 1 is 1.32 bits per heavy atom. The lowest BCUT2D eigenvalue weighted by Gasteiger charge is -2.13. The van der Waals surface area contributed by atoms with Gasteiger partial charge in [0.2, 0.25) is 0 Å². The molecule has 1 saturated heterocycles. The van der Waals surface area contributed by atoms with Gasteiger partial charge in [-0.2, -0.15) is 9.61 Å². The molecule has 11 nitrogen and oxygen atoms in total. The van der Waals surface area contributed by atoms with Gasteiger partial charge in [0.15, 0.2) is 5.65 Å². The summed E-state index contributed by atoms with van der Waals surface area (Å²) in [6.07, 6.45) is 4.50. The minimum Gasteiger partial charge on any atom is -0.381 e. The molecule has 34 heavy (non-hydrogen) atoms. The van der Waals surface area contributed by atoms with Crippen molar-refractivity contribution in [1.82, 2.24) is 24.5 Å². The van der Waals surface area contributed by atoms with Crippen molar-refractivity contribution in [1.29, 1.82) is 0 Å². The lowest BCUT2D eigenvalue weighted by Crippen LogP contribution is -2.26. The van der Waals surface area contributed by atoms with Gasteiger partial charge in [-0.25, -0.2) is 4.98 Å². The van der Waals surface area contributed by atoms with Crippen LogP contribution in [0.4, 0.5) is 17.3 Å². The van der Waals surface area contributed by atoms with Crippen molar-refractivity contribution < 1.29 is 14.3 Å². The third kappa shape index (κ3) is 3.51. The number of carbonyl (C=O) groups is 1. The van der Waals surface area contributed by atoms with E-state index < -0.39 is 0 Å². The minimum atomic E-state index is -0.243. The number of ether oxygens (including phenoxy) is 2. The standard InChI is InChI=1S/C23H27N7O4/c1-24-19-7-18(27-16-4-3-5-29(23(16)32)20-14-10-34-11-15(14)20)28-21-13(9-26-30(19)21)22(31)25-8-12-6-17(12)33-2/h3-5,7,9,12,14-15,17,20,24H,6,8,10-11H2,1-2H3,(H,25,31)(H,27,28)/t12?,14-,15+,17-,20?/m1/s1. The van der Waals surface area contributed by atoms with Crippen LogP contribution in [0.25, 0.3) is 5.65 Å². The number of anilines is 3. The van der Waals surface area contributed by atoms with E-state index in [1.165, 1.54) is 6.20 Å². The molecule has 2 aliphatic carbocycles. The zero-order valence-electron chi connectivity index (χ0n) is 19.0. The summed E-state index contributed by atoms with van der Waals surface area (Å²) < 4.78 is 14.1. The van der Waals surface area contributed by atoms with Gasteiger partial charge in [0, 0.05) is 56.8 Å². The molecule has 178 valence electrons. The fourth-order valence-electron chi connectivity index (χ4n) is 5.01. The van der Waals surface area contributed by atoms with Crippen LogP contribution in [0.15, 0.2) is 35.4 Å². The molecule has 1 amide bonds. The molecule has 3 aromatic heterocycles. The summed E-state index contributed by atoms with van der Waals surface area (Å²) in [5, 5.41) is 13.5. The average molecular weight is 466 g/mol. The van der Waals surface area contributed by atoms with Crippen molar-refractivity contribution in [2.45, 2.75) is 18.6 Å². The summed E-state index contributed by atoms with van der Waals surface area (Å²) in [7, 11) is 3.45. The Kier molecular flexibility index (Phi) is 5.03. The molecule has 0 spiro atoms. The lowest BCUT2D eigenvalue weighted by atomic mass is 10.3. The van der Waals surface area contributed by atoms with Gasteiger partial charge in [0.05, 0.1) is 25.5 Å². The molecule has 5 atom stereocenters. The summed E-state index contributed by atoms with van der Waals surface area (Å²) in [5.74, 6) is 2.02. The van der Waals surface area contributed by atoms with Gasteiger partial charge >= 0.3 is 0 Å². The number of pyridine rings is 1. The number of hydrogen-bond acceptors (Lipinski definition) is 8. The van der Waals surface area contributed by atoms with Crippen molar-refractivity contribution >= 4 is 28.9 Å². The van der Waals surface area contributed by atoms with Crippen LogP contribution in [-0.2, 0) is 9.47 Å². The monoisotopic (exact) mass is 465 g/mol. The van der Waals surface area contributed by atoms with Crippen LogP contribution in [0.2, 0.25) is 0 Å². The van der Waals surface area contributed by atoms with Gasteiger partial charge in [-0.05, 0) is 18.6 Å². The molecule has 11 heteroatoms. The maximum atomic E-state index is 13.2. The number of amides is 1. The fraction of sp³-hybridized carbons (Fsp3) is 0.478. The van der Waals surface area contributed by atoms with Gasteiger partial charge < -0.3 is 30.0 Å². The van der Waals surface area contributed by atoms with Crippen LogP contribution in [0, 0.1) is 17.8 Å². The molecule has 2 saturated carbocycles. The van der Waals surface area contributed by atoms with E-state index >= 15 is 0 Å². The molecular formula is C23H27N7O4. The Balaban J connectivity index is 1.27. The van der Waals surface area contributed by atoms with Gasteiger partial charge in [-0.3, -0.25) is 9.59 Å². The number of carbonyl (C=O) groups excluding carboxylic acids is 1. The SMILES string of the molecule is CNc1cc(Nc2cccn(C3[C@H]4COC[C@@H]34)c2=O)nc2c(C(=O)NCC3C[C@H]3OC)cnn12. The Morgan fingerprint density at radius 3 is 2.88 bits per heavy atom. The minimum absolute atomic E-state index is 0.0989. The number of rotatable bonds is 8. The van der Waals surface area contributed by atoms with Crippen molar-refractivity contribution in [3.8, 4) is 0 Å². The maximum absolute atomic E-state index is 13.2. The van der Waals surface area contributed by atoms with E-state index in [0.717, 1.165) is 6.42 Å². The predicted molar refractivity (Wildman–Crippen MR) is 125 cm³/mol. The van der Waals surface area contributed by atoms with Crippen LogP contribution >= 0.6 is 0 Å². The highest BCUT2D eigenvalue weighted by Gasteiger charge is 2.55. The zero-order valence-corrected chi connectivity index (χ0v) is 19.0. The van der Waals surface area contributed by atoms with E-state index in [0.29, 0.717) is 66.0 Å². The normalized spacial score (nSPS) is 26.8. The highest BCUT2D eigenvalue weighted by molar-refractivity contribution is 6.00. The number of nitrogens with zero attached hydrogens (tertiary/aromatic N) is 4. The van der Waals surface area contributed by atoms with Crippen LogP contribution in [0.3, 0.4) is 0 Å². The smallest absolute Gasteiger partial charge is 0.274 e. The van der Waals surface area contributed by atoms with E-state index in [9.17, 15) is 9.59 Å². The van der Waals surface area contributed by atoms with Crippen molar-refractivity contribution in [3.63, 3.8) is 0 Å². The molecule has 3 aliphatic rings. The number of aromatic nitrogens is 4. The molecule has 0 aromatic carbocycles. The van der Waals surface area contributed by atoms with Gasteiger partial charge in [0.25, 0.3) is 11.5 Å². The highest BCUT2D eigenvalue weighted by Crippen LogP contribution is 2.53. The third-order valence-electron chi connectivity index (χ3n) is 7.12. The Morgan fingerprint density at radius 2 is 2.15 bits per heavy atom. The first-order valence-electron chi connectivity index (χ1n) is 11.5. The summed E-state index contributed by atoms with van der Waals surface area (Å²) in [5.41, 5.74) is 1.09. The van der Waals surface area contributed by atoms with E-state index in [4.69, 9.17) is 9.47 Å². The second-order valence-electron chi connectivity index (χ2n) is 9.17. The molecule has 3 aromatic rings. The fourth-order valence-corrected chi connectivity index (χ4v) is 5.01. The highest BCUT2D eigenvalue weighted by atomic mass is 16.5. The van der Waals surface area contributed by atoms with Crippen molar-refractivity contribution in [3.05, 3.63) is 46.5 Å². The predicted octanol–water partition coefficient (Wildman–Crippen LogP) is 1.26. The van der Waals surface area contributed by atoms with E-state index in [1.54, 1.807) is 35.4 Å². The van der Waals surface area contributed by atoms with Gasteiger partial charge in [0.1, 0.15) is 22.9 Å². The molecular weight excluding hydrogens is 438 g/mol. The summed E-state index contributed by atoms with van der Waals surface area (Å²) >= 11 is 0. The van der Waals surface area contributed by atoms with Crippen molar-refractivity contribution in [2.75, 3.05) is 44.5 Å². The average Bonchev–Trinajstić information content (AvgIpc) is 3.63. The Bertz CT molecular complexity index is 1310. The molecule has 1 aliphatic heterocycles. The molecule has 0 bridgehead atoms. The van der Waals surface area contributed by atoms with E-state index in [-0.39, 0.29) is 23.6 Å². The quantitative estimate of drug-likeness (QED) is 0.454. The number of nitrogens with one attached hydrogen (secondary N) is 3. The first-order valence-corrected chi connectivity index (χ1v) is 11.5. The largest absolute Gasteiger partial charge is 0.381 e. The van der Waals surface area contributed by atoms with Crippen LogP contribution in [0.5, 0.6) is 0 Å².